The fourth-order valence-electron chi connectivity index (χ4n) is 10.4. The monoisotopic (exact) mass is 945 g/mol. The Morgan fingerprint density at radius 3 is 2.28 bits per heavy atom. The van der Waals surface area contributed by atoms with Crippen molar-refractivity contribution in [1.29, 1.82) is 0 Å². The van der Waals surface area contributed by atoms with E-state index >= 15 is 4.79 Å². The third-order valence-electron chi connectivity index (χ3n) is 13.9. The first-order chi connectivity index (χ1) is 32.0. The number of allylic oxidation sites excluding steroid dienone is 1. The number of anilines is 1. The lowest BCUT2D eigenvalue weighted by molar-refractivity contribution is -0.158. The quantitative estimate of drug-likeness (QED) is 0.0856. The molecule has 3 heterocycles. The number of carbonyl (C=O) groups excluding carboxylic acids is 5. The smallest absolute Gasteiger partial charge is 0.255 e. The first kappa shape index (κ1) is 49.5. The van der Waals surface area contributed by atoms with Crippen molar-refractivity contribution in [2.24, 2.45) is 17.3 Å². The molecule has 3 aliphatic heterocycles. The van der Waals surface area contributed by atoms with Crippen LogP contribution in [0.5, 0.6) is 0 Å². The van der Waals surface area contributed by atoms with Gasteiger partial charge in [-0.1, -0.05) is 107 Å². The number of piperidine rings is 2. The lowest BCUT2D eigenvalue weighted by Gasteiger charge is -2.53. The van der Waals surface area contributed by atoms with Crippen molar-refractivity contribution < 1.29 is 24.0 Å². The third kappa shape index (κ3) is 11.6. The molecule has 5 atom stereocenters. The van der Waals surface area contributed by atoms with Gasteiger partial charge in [-0.3, -0.25) is 24.0 Å². The van der Waals surface area contributed by atoms with E-state index < -0.39 is 11.5 Å². The lowest BCUT2D eigenvalue weighted by Crippen LogP contribution is -2.57. The summed E-state index contributed by atoms with van der Waals surface area (Å²) in [5.74, 6) is -0.331. The average molecular weight is 947 g/mol. The van der Waals surface area contributed by atoms with Crippen LogP contribution in [0.15, 0.2) is 103 Å². The number of amides is 5. The summed E-state index contributed by atoms with van der Waals surface area (Å²) < 4.78 is 0. The minimum absolute atomic E-state index is 0.0245. The molecule has 4 aromatic rings. The van der Waals surface area contributed by atoms with E-state index in [0.29, 0.717) is 70.8 Å². The van der Waals surface area contributed by atoms with E-state index in [4.69, 9.17) is 23.2 Å². The molecule has 0 aliphatic carbocycles. The van der Waals surface area contributed by atoms with Crippen LogP contribution in [0.25, 0.3) is 0 Å². The maximum Gasteiger partial charge on any atom is 0.255 e. The Bertz CT molecular complexity index is 2470. The SMILES string of the molecule is C=C1CCC(N2Cc3c(CCCCCNC(=O)c4ccc(NC(=O)C[C@@]5(C)C[C@H](c6cccc(Cl)c6)[C@@H](c6ccc(Cl)cc6)N([C@H](CCC(C)C)C(C)C)C5=O)cc4)cccc3C2=O)C(=O)N1. The molecule has 1 unspecified atom stereocenters. The minimum atomic E-state index is -1.03. The normalized spacial score (nSPS) is 21.1. The van der Waals surface area contributed by atoms with Crippen LogP contribution in [-0.2, 0) is 27.3 Å². The summed E-state index contributed by atoms with van der Waals surface area (Å²) in [6.07, 6.45) is 6.79. The molecule has 0 aromatic heterocycles. The molecular formula is C55H65Cl2N5O5. The van der Waals surface area contributed by atoms with Crippen LogP contribution in [-0.4, -0.2) is 58.0 Å². The molecule has 3 aliphatic rings. The molecule has 12 heteroatoms. The van der Waals surface area contributed by atoms with Gasteiger partial charge in [-0.2, -0.15) is 0 Å². The van der Waals surface area contributed by atoms with Crippen molar-refractivity contribution >= 4 is 58.4 Å². The molecule has 0 spiro atoms. The fourth-order valence-corrected chi connectivity index (χ4v) is 10.7. The van der Waals surface area contributed by atoms with Crippen LogP contribution in [0, 0.1) is 17.3 Å². The van der Waals surface area contributed by atoms with E-state index in [2.05, 4.69) is 67.3 Å². The number of rotatable bonds is 18. The van der Waals surface area contributed by atoms with Gasteiger partial charge in [-0.05, 0) is 140 Å². The number of halogens is 2. The number of likely N-dealkylation sites (tertiary alicyclic amines) is 1. The molecule has 3 N–H and O–H groups in total. The van der Waals surface area contributed by atoms with E-state index in [1.54, 1.807) is 29.2 Å². The number of nitrogens with zero attached hydrogens (tertiary/aromatic N) is 2. The van der Waals surface area contributed by atoms with Crippen LogP contribution < -0.4 is 16.0 Å². The number of benzene rings is 4. The van der Waals surface area contributed by atoms with Crippen molar-refractivity contribution in [1.82, 2.24) is 20.4 Å². The van der Waals surface area contributed by atoms with Gasteiger partial charge in [0, 0.05) is 64.0 Å². The minimum Gasteiger partial charge on any atom is -0.352 e. The maximum absolute atomic E-state index is 15.2. The second kappa shape index (κ2) is 21.7. The standard InChI is InChI=1S/C55H65Cl2N5O5/c1-34(2)17-27-47(35(3)4)62-50(38-19-23-41(56)24-20-38)45(40-14-10-15-42(57)30-40)31-55(6,54(62)67)32-49(63)60-43-25-21-39(22-26-43)51(64)58-29-9-7-8-12-37-13-11-16-44-46(37)33-61(53(44)66)48-28-18-36(5)59-52(48)65/h10-11,13-16,19-26,30,34-35,45,47-48,50H,5,7-9,12,17-18,27-29,31-33H2,1-4,6H3,(H,58,64)(H,59,65)(H,60,63)/t45-,47-,48?,50-,55-/m1/s1. The van der Waals surface area contributed by atoms with Gasteiger partial charge in [0.25, 0.3) is 11.8 Å². The highest BCUT2D eigenvalue weighted by Crippen LogP contribution is 2.53. The molecular weight excluding hydrogens is 882 g/mol. The number of hydrogen-bond donors (Lipinski definition) is 3. The van der Waals surface area contributed by atoms with E-state index in [-0.39, 0.29) is 59.9 Å². The van der Waals surface area contributed by atoms with Crippen molar-refractivity contribution in [2.45, 2.75) is 129 Å². The molecule has 2 saturated heterocycles. The van der Waals surface area contributed by atoms with Gasteiger partial charge < -0.3 is 25.8 Å². The van der Waals surface area contributed by atoms with E-state index in [9.17, 15) is 19.2 Å². The largest absolute Gasteiger partial charge is 0.352 e. The number of nitrogens with one attached hydrogen (secondary N) is 3. The van der Waals surface area contributed by atoms with Crippen molar-refractivity contribution in [2.75, 3.05) is 11.9 Å². The predicted molar refractivity (Wildman–Crippen MR) is 267 cm³/mol. The van der Waals surface area contributed by atoms with E-state index in [0.717, 1.165) is 60.8 Å². The molecule has 0 bridgehead atoms. The highest BCUT2D eigenvalue weighted by atomic mass is 35.5. The summed E-state index contributed by atoms with van der Waals surface area (Å²) in [5.41, 5.74) is 5.47. The first-order valence-corrected chi connectivity index (χ1v) is 24.7. The Kier molecular flexibility index (Phi) is 16.0. The molecule has 0 saturated carbocycles. The number of fused-ring (bicyclic) bond motifs is 1. The number of aryl methyl sites for hydroxylation is 1. The Morgan fingerprint density at radius 2 is 1.60 bits per heavy atom. The Hall–Kier alpha value is -5.45. The Balaban J connectivity index is 0.955. The second-order valence-electron chi connectivity index (χ2n) is 19.8. The Labute approximate surface area is 406 Å². The fraction of sp³-hybridized carbons (Fsp3) is 0.436. The lowest BCUT2D eigenvalue weighted by atomic mass is 9.66. The molecule has 7 rings (SSSR count). The number of carbonyl (C=O) groups is 5. The molecule has 67 heavy (non-hydrogen) atoms. The summed E-state index contributed by atoms with van der Waals surface area (Å²) in [6, 6.07) is 27.4. The molecule has 10 nitrogen and oxygen atoms in total. The predicted octanol–water partition coefficient (Wildman–Crippen LogP) is 11.4. The second-order valence-corrected chi connectivity index (χ2v) is 20.7. The molecule has 5 amide bonds. The van der Waals surface area contributed by atoms with Crippen LogP contribution in [0.2, 0.25) is 10.0 Å². The summed E-state index contributed by atoms with van der Waals surface area (Å²) >= 11 is 13.0. The zero-order chi connectivity index (χ0) is 48.0. The van der Waals surface area contributed by atoms with Crippen LogP contribution in [0.4, 0.5) is 5.69 Å². The maximum atomic E-state index is 15.2. The van der Waals surface area contributed by atoms with Gasteiger partial charge in [-0.15, -0.1) is 0 Å². The summed E-state index contributed by atoms with van der Waals surface area (Å²) in [4.78, 5) is 72.1. The highest BCUT2D eigenvalue weighted by molar-refractivity contribution is 6.30. The highest BCUT2D eigenvalue weighted by Gasteiger charge is 2.53. The third-order valence-corrected chi connectivity index (χ3v) is 14.4. The van der Waals surface area contributed by atoms with Gasteiger partial charge in [0.2, 0.25) is 17.7 Å². The van der Waals surface area contributed by atoms with Crippen LogP contribution in [0.3, 0.4) is 0 Å². The number of unbranched alkanes of at least 4 members (excludes halogenated alkanes) is 2. The Morgan fingerprint density at radius 1 is 0.866 bits per heavy atom. The van der Waals surface area contributed by atoms with E-state index in [1.807, 2.05) is 61.5 Å². The first-order valence-electron chi connectivity index (χ1n) is 23.9. The van der Waals surface area contributed by atoms with Crippen molar-refractivity contribution in [3.05, 3.63) is 147 Å². The van der Waals surface area contributed by atoms with Gasteiger partial charge >= 0.3 is 0 Å². The molecule has 4 aromatic carbocycles. The van der Waals surface area contributed by atoms with Gasteiger partial charge in [-0.25, -0.2) is 0 Å². The van der Waals surface area contributed by atoms with Crippen molar-refractivity contribution in [3.63, 3.8) is 0 Å². The van der Waals surface area contributed by atoms with E-state index in [1.165, 1.54) is 0 Å². The van der Waals surface area contributed by atoms with Crippen molar-refractivity contribution in [3.8, 4) is 0 Å². The van der Waals surface area contributed by atoms with Crippen LogP contribution in [0.1, 0.15) is 147 Å². The summed E-state index contributed by atoms with van der Waals surface area (Å²) in [7, 11) is 0. The van der Waals surface area contributed by atoms with Gasteiger partial charge in [0.05, 0.1) is 11.5 Å². The van der Waals surface area contributed by atoms with Crippen LogP contribution >= 0.6 is 23.2 Å². The zero-order valence-corrected chi connectivity index (χ0v) is 41.0. The summed E-state index contributed by atoms with van der Waals surface area (Å²) in [6.45, 7) is 15.5. The molecule has 354 valence electrons. The molecule has 2 fully saturated rings. The number of hydrogen-bond acceptors (Lipinski definition) is 5. The zero-order valence-electron chi connectivity index (χ0n) is 39.5. The molecule has 0 radical (unpaired) electrons. The summed E-state index contributed by atoms with van der Waals surface area (Å²) in [5, 5.41) is 10.1. The van der Waals surface area contributed by atoms with Gasteiger partial charge in [0.1, 0.15) is 6.04 Å². The average Bonchev–Trinajstić information content (AvgIpc) is 3.62. The topological polar surface area (TPSA) is 128 Å². The van der Waals surface area contributed by atoms with Gasteiger partial charge in [0.15, 0.2) is 0 Å².